The van der Waals surface area contributed by atoms with Crippen LogP contribution in [0.5, 0.6) is 0 Å². The molecule has 0 bridgehead atoms. The molecule has 134 valence electrons. The molecule has 1 heterocycles. The fourth-order valence-corrected chi connectivity index (χ4v) is 7.00. The summed E-state index contributed by atoms with van der Waals surface area (Å²) in [4.78, 5) is 0.362. The molecule has 0 radical (unpaired) electrons. The van der Waals surface area contributed by atoms with E-state index in [1.54, 1.807) is 36.0 Å². The van der Waals surface area contributed by atoms with E-state index in [-0.39, 0.29) is 11.3 Å². The molecular weight excluding hydrogens is 374 g/mol. The number of thioether (sulfide) groups is 1. The Morgan fingerprint density at radius 3 is 2.48 bits per heavy atom. The maximum absolute atomic E-state index is 12.9. The van der Waals surface area contributed by atoms with Crippen molar-refractivity contribution in [3.05, 3.63) is 65.2 Å². The third-order valence-electron chi connectivity index (χ3n) is 4.46. The van der Waals surface area contributed by atoms with E-state index in [4.69, 9.17) is 11.6 Å². The van der Waals surface area contributed by atoms with Crippen molar-refractivity contribution in [2.75, 3.05) is 18.1 Å². The topological polar surface area (TPSA) is 46.2 Å². The maximum atomic E-state index is 12.9. The largest absolute Gasteiger partial charge is 0.312 e. The summed E-state index contributed by atoms with van der Waals surface area (Å²) in [6.07, 6.45) is 2.00. The van der Waals surface area contributed by atoms with Crippen LogP contribution < -0.4 is 5.32 Å². The van der Waals surface area contributed by atoms with Crippen LogP contribution in [0.4, 0.5) is 0 Å². The molecule has 0 spiro atoms. The molecule has 2 aromatic carbocycles. The van der Waals surface area contributed by atoms with Gasteiger partial charge in [-0.1, -0.05) is 41.9 Å². The zero-order valence-electron chi connectivity index (χ0n) is 13.9. The van der Waals surface area contributed by atoms with Crippen molar-refractivity contribution in [1.29, 1.82) is 0 Å². The van der Waals surface area contributed by atoms with Gasteiger partial charge in [0.15, 0.2) is 9.84 Å². The lowest BCUT2D eigenvalue weighted by molar-refractivity contribution is 0.520. The SMILES string of the molecule is O=S(=O)(c1ccc(Cl)cc1)[C@H]1CSC[C@@H]1NCCCc1ccccc1. The van der Waals surface area contributed by atoms with E-state index in [0.29, 0.717) is 15.7 Å². The van der Waals surface area contributed by atoms with Crippen LogP contribution in [-0.2, 0) is 16.3 Å². The lowest BCUT2D eigenvalue weighted by atomic mass is 10.1. The van der Waals surface area contributed by atoms with Gasteiger partial charge in [-0.05, 0) is 49.2 Å². The van der Waals surface area contributed by atoms with Gasteiger partial charge in [-0.3, -0.25) is 0 Å². The highest BCUT2D eigenvalue weighted by Crippen LogP contribution is 2.29. The van der Waals surface area contributed by atoms with Gasteiger partial charge in [-0.15, -0.1) is 0 Å². The summed E-state index contributed by atoms with van der Waals surface area (Å²) in [5.74, 6) is 1.48. The third kappa shape index (κ3) is 4.79. The summed E-state index contributed by atoms with van der Waals surface area (Å²) in [7, 11) is -3.34. The van der Waals surface area contributed by atoms with E-state index in [1.165, 1.54) is 5.56 Å². The molecule has 1 fully saturated rings. The minimum atomic E-state index is -3.34. The maximum Gasteiger partial charge on any atom is 0.183 e. The Balaban J connectivity index is 1.57. The quantitative estimate of drug-likeness (QED) is 0.724. The number of aryl methyl sites for hydroxylation is 1. The van der Waals surface area contributed by atoms with Gasteiger partial charge in [0.05, 0.1) is 10.1 Å². The van der Waals surface area contributed by atoms with Crippen LogP contribution in [0, 0.1) is 0 Å². The number of benzene rings is 2. The summed E-state index contributed by atoms with van der Waals surface area (Å²) in [5.41, 5.74) is 1.32. The Morgan fingerprint density at radius 1 is 1.04 bits per heavy atom. The first-order valence-corrected chi connectivity index (χ1v) is 11.5. The third-order valence-corrected chi connectivity index (χ3v) is 8.33. The Hall–Kier alpha value is -1.01. The molecule has 1 saturated heterocycles. The predicted molar refractivity (Wildman–Crippen MR) is 106 cm³/mol. The van der Waals surface area contributed by atoms with E-state index in [9.17, 15) is 8.42 Å². The van der Waals surface area contributed by atoms with Crippen LogP contribution in [-0.4, -0.2) is 37.8 Å². The van der Waals surface area contributed by atoms with Gasteiger partial charge in [0, 0.05) is 22.6 Å². The van der Waals surface area contributed by atoms with Crippen molar-refractivity contribution in [1.82, 2.24) is 5.32 Å². The van der Waals surface area contributed by atoms with E-state index in [1.807, 2.05) is 18.2 Å². The van der Waals surface area contributed by atoms with Crippen molar-refractivity contribution in [3.63, 3.8) is 0 Å². The lowest BCUT2D eigenvalue weighted by Gasteiger charge is -2.20. The summed E-state index contributed by atoms with van der Waals surface area (Å²) in [5, 5.41) is 3.64. The second kappa shape index (κ2) is 8.58. The van der Waals surface area contributed by atoms with E-state index >= 15 is 0 Å². The molecule has 3 rings (SSSR count). The lowest BCUT2D eigenvalue weighted by Crippen LogP contribution is -2.43. The minimum absolute atomic E-state index is 0.00134. The van der Waals surface area contributed by atoms with Crippen LogP contribution in [0.1, 0.15) is 12.0 Å². The molecule has 0 aromatic heterocycles. The molecule has 0 amide bonds. The van der Waals surface area contributed by atoms with Gasteiger partial charge in [0.25, 0.3) is 0 Å². The van der Waals surface area contributed by atoms with Crippen LogP contribution in [0.15, 0.2) is 59.5 Å². The molecule has 1 N–H and O–H groups in total. The molecule has 3 nitrogen and oxygen atoms in total. The van der Waals surface area contributed by atoms with Crippen molar-refractivity contribution in [2.24, 2.45) is 0 Å². The van der Waals surface area contributed by atoms with Gasteiger partial charge < -0.3 is 5.32 Å². The molecule has 2 aromatic rings. The number of hydrogen-bond donors (Lipinski definition) is 1. The number of halogens is 1. The van der Waals surface area contributed by atoms with Crippen LogP contribution in [0.2, 0.25) is 5.02 Å². The van der Waals surface area contributed by atoms with Gasteiger partial charge >= 0.3 is 0 Å². The highest BCUT2D eigenvalue weighted by atomic mass is 35.5. The molecule has 0 saturated carbocycles. The first-order chi connectivity index (χ1) is 12.1. The second-order valence-corrected chi connectivity index (χ2v) is 9.90. The number of nitrogens with one attached hydrogen (secondary N) is 1. The van der Waals surface area contributed by atoms with Gasteiger partial charge in [0.2, 0.25) is 0 Å². The van der Waals surface area contributed by atoms with E-state index in [0.717, 1.165) is 25.1 Å². The molecule has 6 heteroatoms. The van der Waals surface area contributed by atoms with Gasteiger partial charge in [-0.25, -0.2) is 8.42 Å². The van der Waals surface area contributed by atoms with Crippen molar-refractivity contribution < 1.29 is 8.42 Å². The molecule has 1 aliphatic rings. The van der Waals surface area contributed by atoms with Gasteiger partial charge in [0.1, 0.15) is 0 Å². The Kier molecular flexibility index (Phi) is 6.44. The number of sulfone groups is 1. The Bertz CT molecular complexity index is 779. The smallest absolute Gasteiger partial charge is 0.183 e. The van der Waals surface area contributed by atoms with Crippen LogP contribution in [0.3, 0.4) is 0 Å². The molecule has 2 atom stereocenters. The monoisotopic (exact) mass is 395 g/mol. The summed E-state index contributed by atoms with van der Waals surface area (Å²) in [6, 6.07) is 16.8. The first-order valence-electron chi connectivity index (χ1n) is 8.42. The summed E-state index contributed by atoms with van der Waals surface area (Å²) in [6.45, 7) is 0.826. The van der Waals surface area contributed by atoms with E-state index < -0.39 is 9.84 Å². The minimum Gasteiger partial charge on any atom is -0.312 e. The van der Waals surface area contributed by atoms with Crippen molar-refractivity contribution >= 4 is 33.2 Å². The van der Waals surface area contributed by atoms with Crippen LogP contribution >= 0.6 is 23.4 Å². The molecule has 0 unspecified atom stereocenters. The number of hydrogen-bond acceptors (Lipinski definition) is 4. The summed E-state index contributed by atoms with van der Waals surface area (Å²) >= 11 is 7.58. The van der Waals surface area contributed by atoms with E-state index in [2.05, 4.69) is 17.4 Å². The second-order valence-electron chi connectivity index (χ2n) is 6.22. The Labute approximate surface area is 159 Å². The fraction of sp³-hybridized carbons (Fsp3) is 0.368. The highest BCUT2D eigenvalue weighted by Gasteiger charge is 2.38. The number of rotatable bonds is 7. The standard InChI is InChI=1S/C19H22ClNO2S2/c20-16-8-10-17(11-9-16)25(22,23)19-14-24-13-18(19)21-12-4-7-15-5-2-1-3-6-15/h1-3,5-6,8-11,18-19,21H,4,7,12-14H2/t18-,19-/m0/s1. The molecule has 0 aliphatic carbocycles. The Morgan fingerprint density at radius 2 is 1.76 bits per heavy atom. The van der Waals surface area contributed by atoms with Crippen molar-refractivity contribution in [2.45, 2.75) is 29.0 Å². The fourth-order valence-electron chi connectivity index (χ4n) is 3.05. The average molecular weight is 396 g/mol. The molecule has 1 aliphatic heterocycles. The zero-order chi connectivity index (χ0) is 17.7. The van der Waals surface area contributed by atoms with Crippen molar-refractivity contribution in [3.8, 4) is 0 Å². The molecule has 25 heavy (non-hydrogen) atoms. The first kappa shape index (κ1) is 18.8. The van der Waals surface area contributed by atoms with Crippen LogP contribution in [0.25, 0.3) is 0 Å². The van der Waals surface area contributed by atoms with Gasteiger partial charge in [-0.2, -0.15) is 11.8 Å². The predicted octanol–water partition coefficient (Wildman–Crippen LogP) is 3.82. The highest BCUT2D eigenvalue weighted by molar-refractivity contribution is 8.01. The average Bonchev–Trinajstić information content (AvgIpc) is 3.09. The summed E-state index contributed by atoms with van der Waals surface area (Å²) < 4.78 is 25.8. The molecular formula is C19H22ClNO2S2. The zero-order valence-corrected chi connectivity index (χ0v) is 16.3. The normalized spacial score (nSPS) is 20.7.